The van der Waals surface area contributed by atoms with Gasteiger partial charge in [-0.15, -0.1) is 0 Å². The van der Waals surface area contributed by atoms with E-state index in [0.29, 0.717) is 22.6 Å². The lowest BCUT2D eigenvalue weighted by Crippen LogP contribution is -2.23. The van der Waals surface area contributed by atoms with Crippen molar-refractivity contribution in [2.45, 2.75) is 26.6 Å². The standard InChI is InChI=1S/C18H16F3N3O2/c1-10-16(11(2)26-23-10)13-7-15(22)17(25)24(9-13)8-12-3-5-14(6-4-12)18(19,20)21/h3-7,9H,8,22H2,1-2H3. The monoisotopic (exact) mass is 363 g/mol. The molecular formula is C18H16F3N3O2. The molecule has 0 saturated heterocycles. The number of rotatable bonds is 3. The third-order valence-corrected chi connectivity index (χ3v) is 4.07. The van der Waals surface area contributed by atoms with Crippen LogP contribution in [0.2, 0.25) is 0 Å². The second kappa shape index (κ2) is 6.36. The van der Waals surface area contributed by atoms with Gasteiger partial charge in [0, 0.05) is 17.3 Å². The number of alkyl halides is 3. The van der Waals surface area contributed by atoms with Crippen LogP contribution in [0.15, 0.2) is 45.8 Å². The van der Waals surface area contributed by atoms with Gasteiger partial charge in [0.25, 0.3) is 5.56 Å². The van der Waals surface area contributed by atoms with Gasteiger partial charge in [0.05, 0.1) is 23.5 Å². The number of nitrogen functional groups attached to an aromatic ring is 1. The van der Waals surface area contributed by atoms with Gasteiger partial charge in [-0.25, -0.2) is 0 Å². The first-order valence-electron chi connectivity index (χ1n) is 7.76. The Morgan fingerprint density at radius 3 is 2.38 bits per heavy atom. The van der Waals surface area contributed by atoms with Crippen LogP contribution in [0.1, 0.15) is 22.6 Å². The minimum atomic E-state index is -4.40. The van der Waals surface area contributed by atoms with Gasteiger partial charge < -0.3 is 14.8 Å². The van der Waals surface area contributed by atoms with Crippen LogP contribution in [0.4, 0.5) is 18.9 Å². The summed E-state index contributed by atoms with van der Waals surface area (Å²) >= 11 is 0. The molecule has 8 heteroatoms. The van der Waals surface area contributed by atoms with Crippen molar-refractivity contribution in [1.82, 2.24) is 9.72 Å². The number of benzene rings is 1. The topological polar surface area (TPSA) is 74.1 Å². The Kier molecular flexibility index (Phi) is 4.35. The summed E-state index contributed by atoms with van der Waals surface area (Å²) < 4.78 is 44.5. The maximum absolute atomic E-state index is 12.7. The molecule has 0 aliphatic rings. The molecule has 26 heavy (non-hydrogen) atoms. The second-order valence-electron chi connectivity index (χ2n) is 6.01. The highest BCUT2D eigenvalue weighted by Gasteiger charge is 2.29. The Balaban J connectivity index is 1.99. The molecule has 0 aliphatic heterocycles. The molecule has 0 radical (unpaired) electrons. The first-order chi connectivity index (χ1) is 12.2. The second-order valence-corrected chi connectivity index (χ2v) is 6.01. The normalized spacial score (nSPS) is 11.7. The van der Waals surface area contributed by atoms with E-state index in [-0.39, 0.29) is 12.2 Å². The summed E-state index contributed by atoms with van der Waals surface area (Å²) in [6.07, 6.45) is -2.80. The van der Waals surface area contributed by atoms with Crippen molar-refractivity contribution in [3.05, 3.63) is 69.5 Å². The zero-order valence-electron chi connectivity index (χ0n) is 14.1. The van der Waals surface area contributed by atoms with E-state index in [0.717, 1.165) is 17.7 Å². The van der Waals surface area contributed by atoms with E-state index in [1.165, 1.54) is 22.8 Å². The summed E-state index contributed by atoms with van der Waals surface area (Å²) in [5.74, 6) is 0.585. The Hall–Kier alpha value is -3.03. The molecule has 3 aromatic rings. The van der Waals surface area contributed by atoms with Crippen LogP contribution >= 0.6 is 0 Å². The summed E-state index contributed by atoms with van der Waals surface area (Å²) in [5.41, 5.74) is 7.31. The van der Waals surface area contributed by atoms with Crippen LogP contribution in [0, 0.1) is 13.8 Å². The van der Waals surface area contributed by atoms with E-state index in [2.05, 4.69) is 5.16 Å². The summed E-state index contributed by atoms with van der Waals surface area (Å²) in [6, 6.07) is 6.20. The molecule has 1 aromatic carbocycles. The van der Waals surface area contributed by atoms with Crippen molar-refractivity contribution in [3.8, 4) is 11.1 Å². The smallest absolute Gasteiger partial charge is 0.394 e. The number of aromatic nitrogens is 2. The lowest BCUT2D eigenvalue weighted by molar-refractivity contribution is -0.137. The number of hydrogen-bond acceptors (Lipinski definition) is 4. The van der Waals surface area contributed by atoms with Gasteiger partial charge in [-0.2, -0.15) is 13.2 Å². The molecule has 2 heterocycles. The van der Waals surface area contributed by atoms with Crippen molar-refractivity contribution < 1.29 is 17.7 Å². The number of pyridine rings is 1. The zero-order valence-corrected chi connectivity index (χ0v) is 14.1. The van der Waals surface area contributed by atoms with Crippen molar-refractivity contribution in [2.24, 2.45) is 0 Å². The number of nitrogens with zero attached hydrogens (tertiary/aromatic N) is 2. The van der Waals surface area contributed by atoms with Gasteiger partial charge in [0.2, 0.25) is 0 Å². The largest absolute Gasteiger partial charge is 0.416 e. The molecule has 0 amide bonds. The Bertz CT molecular complexity index is 983. The van der Waals surface area contributed by atoms with Crippen molar-refractivity contribution >= 4 is 5.69 Å². The number of aryl methyl sites for hydroxylation is 2. The first-order valence-corrected chi connectivity index (χ1v) is 7.76. The Morgan fingerprint density at radius 2 is 1.85 bits per heavy atom. The van der Waals surface area contributed by atoms with Crippen LogP contribution in [-0.2, 0) is 12.7 Å². The molecule has 2 aromatic heterocycles. The maximum atomic E-state index is 12.7. The fraction of sp³-hybridized carbons (Fsp3) is 0.222. The molecule has 2 N–H and O–H groups in total. The van der Waals surface area contributed by atoms with Gasteiger partial charge in [-0.1, -0.05) is 17.3 Å². The number of anilines is 1. The predicted octanol–water partition coefficient (Wildman–Crippen LogP) is 3.77. The number of nitrogens with two attached hydrogens (primary N) is 1. The van der Waals surface area contributed by atoms with Crippen molar-refractivity contribution in [3.63, 3.8) is 0 Å². The van der Waals surface area contributed by atoms with Crippen LogP contribution in [0.5, 0.6) is 0 Å². The number of hydrogen-bond donors (Lipinski definition) is 1. The molecule has 0 spiro atoms. The van der Waals surface area contributed by atoms with Gasteiger partial charge in [-0.3, -0.25) is 4.79 Å². The molecule has 136 valence electrons. The fourth-order valence-corrected chi connectivity index (χ4v) is 2.80. The Morgan fingerprint density at radius 1 is 1.19 bits per heavy atom. The molecule has 5 nitrogen and oxygen atoms in total. The van der Waals surface area contributed by atoms with Crippen molar-refractivity contribution in [2.75, 3.05) is 5.73 Å². The van der Waals surface area contributed by atoms with E-state index < -0.39 is 17.3 Å². The first kappa shape index (κ1) is 17.8. The number of halogens is 3. The summed E-state index contributed by atoms with van der Waals surface area (Å²) in [7, 11) is 0. The maximum Gasteiger partial charge on any atom is 0.416 e. The lowest BCUT2D eigenvalue weighted by Gasteiger charge is -2.11. The third-order valence-electron chi connectivity index (χ3n) is 4.07. The quantitative estimate of drug-likeness (QED) is 0.769. The van der Waals surface area contributed by atoms with E-state index in [1.807, 2.05) is 0 Å². The van der Waals surface area contributed by atoms with Gasteiger partial charge in [-0.05, 0) is 37.6 Å². The highest BCUT2D eigenvalue weighted by molar-refractivity contribution is 5.69. The molecule has 0 fully saturated rings. The molecule has 0 bridgehead atoms. The molecule has 0 atom stereocenters. The third kappa shape index (κ3) is 3.35. The van der Waals surface area contributed by atoms with Gasteiger partial charge in [0.1, 0.15) is 5.76 Å². The summed E-state index contributed by atoms with van der Waals surface area (Å²) in [6.45, 7) is 3.61. The fourth-order valence-electron chi connectivity index (χ4n) is 2.80. The summed E-state index contributed by atoms with van der Waals surface area (Å²) in [5, 5.41) is 3.88. The van der Waals surface area contributed by atoms with Crippen LogP contribution in [0.3, 0.4) is 0 Å². The molecule has 0 unspecified atom stereocenters. The summed E-state index contributed by atoms with van der Waals surface area (Å²) in [4.78, 5) is 12.3. The average Bonchev–Trinajstić information content (AvgIpc) is 2.90. The average molecular weight is 363 g/mol. The zero-order chi connectivity index (χ0) is 19.1. The molecule has 0 saturated carbocycles. The predicted molar refractivity (Wildman–Crippen MR) is 90.6 cm³/mol. The highest BCUT2D eigenvalue weighted by atomic mass is 19.4. The van der Waals surface area contributed by atoms with Crippen molar-refractivity contribution in [1.29, 1.82) is 0 Å². The Labute approximate surface area is 146 Å². The van der Waals surface area contributed by atoms with Gasteiger partial charge >= 0.3 is 6.18 Å². The highest BCUT2D eigenvalue weighted by Crippen LogP contribution is 2.30. The molecule has 0 aliphatic carbocycles. The SMILES string of the molecule is Cc1noc(C)c1-c1cc(N)c(=O)n(Cc2ccc(C(F)(F)F)cc2)c1. The molecule has 3 rings (SSSR count). The van der Waals surface area contributed by atoms with Crippen LogP contribution < -0.4 is 11.3 Å². The van der Waals surface area contributed by atoms with E-state index >= 15 is 0 Å². The van der Waals surface area contributed by atoms with E-state index in [4.69, 9.17) is 10.3 Å². The lowest BCUT2D eigenvalue weighted by atomic mass is 10.1. The van der Waals surface area contributed by atoms with E-state index in [9.17, 15) is 18.0 Å². The van der Waals surface area contributed by atoms with E-state index in [1.54, 1.807) is 20.0 Å². The van der Waals surface area contributed by atoms with Gasteiger partial charge in [0.15, 0.2) is 0 Å². The minimum absolute atomic E-state index is 0.0365. The van der Waals surface area contributed by atoms with Crippen LogP contribution in [0.25, 0.3) is 11.1 Å². The molecular weight excluding hydrogens is 347 g/mol. The van der Waals surface area contributed by atoms with Crippen LogP contribution in [-0.4, -0.2) is 9.72 Å². The minimum Gasteiger partial charge on any atom is -0.394 e.